The lowest BCUT2D eigenvalue weighted by Crippen LogP contribution is -2.46. The molecule has 0 saturated carbocycles. The van der Waals surface area contributed by atoms with Crippen LogP contribution < -0.4 is 4.72 Å². The summed E-state index contributed by atoms with van der Waals surface area (Å²) < 4.78 is 25.0. The van der Waals surface area contributed by atoms with Gasteiger partial charge in [-0.05, 0) is 31.9 Å². The topological polar surface area (TPSA) is 66.5 Å². The van der Waals surface area contributed by atoms with Crippen molar-refractivity contribution in [3.63, 3.8) is 0 Å². The molecule has 0 spiro atoms. The molecular weight excluding hydrogens is 276 g/mol. The van der Waals surface area contributed by atoms with Gasteiger partial charge in [0.25, 0.3) is 5.91 Å². The van der Waals surface area contributed by atoms with Crippen LogP contribution in [0.1, 0.15) is 28.8 Å². The van der Waals surface area contributed by atoms with Crippen molar-refractivity contribution in [2.75, 3.05) is 19.3 Å². The third kappa shape index (κ3) is 4.05. The summed E-state index contributed by atoms with van der Waals surface area (Å²) in [4.78, 5) is 14.1. The summed E-state index contributed by atoms with van der Waals surface area (Å²) in [5.74, 6) is 0.0165. The van der Waals surface area contributed by atoms with Crippen LogP contribution in [-0.4, -0.2) is 44.6 Å². The van der Waals surface area contributed by atoms with Crippen LogP contribution in [0.15, 0.2) is 24.3 Å². The van der Waals surface area contributed by atoms with Crippen LogP contribution in [0.3, 0.4) is 0 Å². The fourth-order valence-electron chi connectivity index (χ4n) is 2.38. The van der Waals surface area contributed by atoms with E-state index in [1.165, 1.54) is 0 Å². The number of carbonyl (C=O) groups is 1. The van der Waals surface area contributed by atoms with Crippen LogP contribution in [0.5, 0.6) is 0 Å². The van der Waals surface area contributed by atoms with Gasteiger partial charge in [0.15, 0.2) is 0 Å². The Hall–Kier alpha value is -1.40. The predicted molar refractivity (Wildman–Crippen MR) is 78.1 cm³/mol. The first-order valence-corrected chi connectivity index (χ1v) is 8.57. The maximum Gasteiger partial charge on any atom is 0.253 e. The number of aryl methyl sites for hydroxylation is 1. The Labute approximate surface area is 120 Å². The summed E-state index contributed by atoms with van der Waals surface area (Å²) in [7, 11) is -3.17. The van der Waals surface area contributed by atoms with Crippen LogP contribution in [-0.2, 0) is 10.0 Å². The van der Waals surface area contributed by atoms with E-state index in [0.717, 1.165) is 11.8 Å². The van der Waals surface area contributed by atoms with Crippen molar-refractivity contribution in [3.8, 4) is 0 Å². The SMILES string of the molecule is Cc1ccc(C(=O)N2CCC(NS(C)(=O)=O)CC2)cc1. The molecule has 1 N–H and O–H groups in total. The number of hydrogen-bond donors (Lipinski definition) is 1. The second kappa shape index (κ2) is 5.93. The van der Waals surface area contributed by atoms with Gasteiger partial charge in [-0.2, -0.15) is 0 Å². The number of benzene rings is 1. The van der Waals surface area contributed by atoms with E-state index in [0.29, 0.717) is 31.5 Å². The molecule has 0 bridgehead atoms. The van der Waals surface area contributed by atoms with Crippen molar-refractivity contribution >= 4 is 15.9 Å². The summed E-state index contributed by atoms with van der Waals surface area (Å²) in [6.45, 7) is 3.15. The Morgan fingerprint density at radius 1 is 1.20 bits per heavy atom. The van der Waals surface area contributed by atoms with Crippen LogP contribution in [0.2, 0.25) is 0 Å². The Balaban J connectivity index is 1.93. The molecule has 0 unspecified atom stereocenters. The molecule has 1 heterocycles. The van der Waals surface area contributed by atoms with E-state index in [1.807, 2.05) is 31.2 Å². The maximum absolute atomic E-state index is 12.3. The summed E-state index contributed by atoms with van der Waals surface area (Å²) in [5, 5.41) is 0. The molecule has 1 amide bonds. The largest absolute Gasteiger partial charge is 0.339 e. The molecule has 0 radical (unpaired) electrons. The molecule has 2 rings (SSSR count). The molecule has 0 aliphatic carbocycles. The van der Waals surface area contributed by atoms with Gasteiger partial charge in [0.2, 0.25) is 10.0 Å². The number of amides is 1. The predicted octanol–water partition coefficient (Wildman–Crippen LogP) is 1.15. The van der Waals surface area contributed by atoms with Crippen LogP contribution >= 0.6 is 0 Å². The molecule has 1 aromatic rings. The standard InChI is InChI=1S/C14H20N2O3S/c1-11-3-5-12(6-4-11)14(17)16-9-7-13(8-10-16)15-20(2,18)19/h3-6,13,15H,7-10H2,1-2H3. The normalized spacial score (nSPS) is 17.2. The zero-order valence-electron chi connectivity index (χ0n) is 11.8. The number of hydrogen-bond acceptors (Lipinski definition) is 3. The molecule has 1 fully saturated rings. The van der Waals surface area contributed by atoms with Gasteiger partial charge in [-0.1, -0.05) is 17.7 Å². The summed E-state index contributed by atoms with van der Waals surface area (Å²) >= 11 is 0. The smallest absolute Gasteiger partial charge is 0.253 e. The molecule has 1 aliphatic heterocycles. The quantitative estimate of drug-likeness (QED) is 0.910. The number of piperidine rings is 1. The number of sulfonamides is 1. The first-order chi connectivity index (χ1) is 9.35. The Kier molecular flexibility index (Phi) is 4.45. The van der Waals surface area contributed by atoms with Gasteiger partial charge >= 0.3 is 0 Å². The Morgan fingerprint density at radius 2 is 1.75 bits per heavy atom. The Bertz CT molecular complexity index is 573. The van der Waals surface area contributed by atoms with E-state index >= 15 is 0 Å². The number of likely N-dealkylation sites (tertiary alicyclic amines) is 1. The fourth-order valence-corrected chi connectivity index (χ4v) is 3.22. The number of nitrogens with zero attached hydrogens (tertiary/aromatic N) is 1. The third-order valence-corrected chi connectivity index (χ3v) is 4.22. The second-order valence-electron chi connectivity index (χ2n) is 5.32. The zero-order chi connectivity index (χ0) is 14.8. The molecule has 0 atom stereocenters. The average Bonchev–Trinajstić information content (AvgIpc) is 2.38. The molecule has 1 aliphatic rings. The van der Waals surface area contributed by atoms with E-state index in [2.05, 4.69) is 4.72 Å². The van der Waals surface area contributed by atoms with Gasteiger partial charge in [0.1, 0.15) is 0 Å². The van der Waals surface area contributed by atoms with E-state index in [-0.39, 0.29) is 11.9 Å². The number of rotatable bonds is 3. The number of carbonyl (C=O) groups excluding carboxylic acids is 1. The zero-order valence-corrected chi connectivity index (χ0v) is 12.6. The third-order valence-electron chi connectivity index (χ3n) is 3.46. The van der Waals surface area contributed by atoms with Gasteiger partial charge in [-0.25, -0.2) is 13.1 Å². The first kappa shape index (κ1) is 15.0. The lowest BCUT2D eigenvalue weighted by molar-refractivity contribution is 0.0711. The highest BCUT2D eigenvalue weighted by Gasteiger charge is 2.25. The van der Waals surface area contributed by atoms with Gasteiger partial charge in [-0.15, -0.1) is 0 Å². The van der Waals surface area contributed by atoms with E-state index in [1.54, 1.807) is 4.90 Å². The molecule has 20 heavy (non-hydrogen) atoms. The lowest BCUT2D eigenvalue weighted by atomic mass is 10.0. The monoisotopic (exact) mass is 296 g/mol. The van der Waals surface area contributed by atoms with Crippen molar-refractivity contribution in [2.24, 2.45) is 0 Å². The molecular formula is C14H20N2O3S. The van der Waals surface area contributed by atoms with Crippen LogP contribution in [0.4, 0.5) is 0 Å². The molecule has 6 heteroatoms. The average molecular weight is 296 g/mol. The van der Waals surface area contributed by atoms with Crippen LogP contribution in [0, 0.1) is 6.92 Å². The van der Waals surface area contributed by atoms with E-state index in [9.17, 15) is 13.2 Å². The van der Waals surface area contributed by atoms with Gasteiger partial charge < -0.3 is 4.90 Å². The minimum atomic E-state index is -3.17. The molecule has 110 valence electrons. The molecule has 5 nitrogen and oxygen atoms in total. The molecule has 1 aromatic carbocycles. The fraction of sp³-hybridized carbons (Fsp3) is 0.500. The minimum absolute atomic E-state index is 0.0165. The number of nitrogens with one attached hydrogen (secondary N) is 1. The van der Waals surface area contributed by atoms with E-state index < -0.39 is 10.0 Å². The summed E-state index contributed by atoms with van der Waals surface area (Å²) in [6, 6.07) is 7.44. The summed E-state index contributed by atoms with van der Waals surface area (Å²) in [6.07, 6.45) is 2.48. The molecule has 0 aromatic heterocycles. The lowest BCUT2D eigenvalue weighted by Gasteiger charge is -2.32. The van der Waals surface area contributed by atoms with E-state index in [4.69, 9.17) is 0 Å². The highest BCUT2D eigenvalue weighted by atomic mass is 32.2. The van der Waals surface area contributed by atoms with Crippen molar-refractivity contribution in [1.29, 1.82) is 0 Å². The highest BCUT2D eigenvalue weighted by Crippen LogP contribution is 2.15. The Morgan fingerprint density at radius 3 is 2.25 bits per heavy atom. The van der Waals surface area contributed by atoms with Gasteiger partial charge in [0, 0.05) is 24.7 Å². The maximum atomic E-state index is 12.3. The van der Waals surface area contributed by atoms with Crippen LogP contribution in [0.25, 0.3) is 0 Å². The van der Waals surface area contributed by atoms with Crippen molar-refractivity contribution < 1.29 is 13.2 Å². The highest BCUT2D eigenvalue weighted by molar-refractivity contribution is 7.88. The van der Waals surface area contributed by atoms with Crippen molar-refractivity contribution in [3.05, 3.63) is 35.4 Å². The first-order valence-electron chi connectivity index (χ1n) is 6.68. The van der Waals surface area contributed by atoms with Gasteiger partial charge in [-0.3, -0.25) is 4.79 Å². The molecule has 1 saturated heterocycles. The summed E-state index contributed by atoms with van der Waals surface area (Å²) in [5.41, 5.74) is 1.81. The van der Waals surface area contributed by atoms with Crippen molar-refractivity contribution in [1.82, 2.24) is 9.62 Å². The minimum Gasteiger partial charge on any atom is -0.339 e. The van der Waals surface area contributed by atoms with Gasteiger partial charge in [0.05, 0.1) is 6.26 Å². The second-order valence-corrected chi connectivity index (χ2v) is 7.10. The van der Waals surface area contributed by atoms with Crippen molar-refractivity contribution in [2.45, 2.75) is 25.8 Å².